The number of hydrogen-bond acceptors (Lipinski definition) is 5. The average molecular weight is 340 g/mol. The molecule has 1 amide bonds. The first-order valence-electron chi connectivity index (χ1n) is 6.63. The van der Waals surface area contributed by atoms with E-state index in [1.54, 1.807) is 18.2 Å². The Morgan fingerprint density at radius 3 is 2.87 bits per heavy atom. The minimum atomic E-state index is -2.92. The number of amides is 1. The lowest BCUT2D eigenvalue weighted by atomic mass is 10.2. The molecule has 0 fully saturated rings. The third kappa shape index (κ3) is 6.03. The maximum atomic E-state index is 12.2. The predicted octanol–water partition coefficient (Wildman–Crippen LogP) is 3.02. The molecule has 1 N–H and O–H groups in total. The molecule has 0 spiro atoms. The first kappa shape index (κ1) is 16.9. The van der Waals surface area contributed by atoms with Gasteiger partial charge in [-0.15, -0.1) is 11.3 Å². The fraction of sp³-hybridized carbons (Fsp3) is 0.200. The molecule has 23 heavy (non-hydrogen) atoms. The van der Waals surface area contributed by atoms with Gasteiger partial charge in [-0.25, -0.2) is 0 Å². The summed E-state index contributed by atoms with van der Waals surface area (Å²) in [4.78, 5) is 17.4. The van der Waals surface area contributed by atoms with Gasteiger partial charge in [0.25, 0.3) is 5.91 Å². The first-order chi connectivity index (χ1) is 11.1. The molecule has 1 aromatic heterocycles. The molecule has 0 aliphatic heterocycles. The summed E-state index contributed by atoms with van der Waals surface area (Å²) in [6.07, 6.45) is 1.21. The number of nitrogens with zero attached hydrogens (tertiary/aromatic N) is 1. The van der Waals surface area contributed by atoms with Crippen LogP contribution in [0.15, 0.2) is 46.9 Å². The van der Waals surface area contributed by atoms with E-state index in [1.165, 1.54) is 23.6 Å². The largest absolute Gasteiger partial charge is 0.434 e. The number of nitrogens with one attached hydrogen (secondary N) is 1. The SMILES string of the molecule is O=C(CO/N=C/c1ccccc1OC(F)F)NCc1cccs1. The van der Waals surface area contributed by atoms with Gasteiger partial charge in [0.2, 0.25) is 0 Å². The topological polar surface area (TPSA) is 59.9 Å². The Balaban J connectivity index is 1.77. The number of carbonyl (C=O) groups is 1. The number of rotatable bonds is 8. The van der Waals surface area contributed by atoms with Gasteiger partial charge in [0.1, 0.15) is 5.75 Å². The van der Waals surface area contributed by atoms with Crippen LogP contribution in [0.3, 0.4) is 0 Å². The van der Waals surface area contributed by atoms with Gasteiger partial charge in [-0.05, 0) is 23.6 Å². The lowest BCUT2D eigenvalue weighted by molar-refractivity contribution is -0.125. The third-order valence-corrected chi connectivity index (χ3v) is 3.51. The summed E-state index contributed by atoms with van der Waals surface area (Å²) >= 11 is 1.54. The zero-order valence-electron chi connectivity index (χ0n) is 11.9. The molecule has 2 rings (SSSR count). The van der Waals surface area contributed by atoms with Crippen LogP contribution < -0.4 is 10.1 Å². The van der Waals surface area contributed by atoms with Crippen LogP contribution in [0, 0.1) is 0 Å². The molecule has 0 radical (unpaired) electrons. The standard InChI is InChI=1S/C15H14F2N2O3S/c16-15(17)22-13-6-2-1-4-11(13)8-19-21-10-14(20)18-9-12-5-3-7-23-12/h1-8,15H,9-10H2,(H,18,20)/b19-8+. The highest BCUT2D eigenvalue weighted by Crippen LogP contribution is 2.18. The minimum Gasteiger partial charge on any atom is -0.434 e. The van der Waals surface area contributed by atoms with Crippen molar-refractivity contribution in [3.8, 4) is 5.75 Å². The van der Waals surface area contributed by atoms with Crippen molar-refractivity contribution >= 4 is 23.5 Å². The van der Waals surface area contributed by atoms with Crippen molar-refractivity contribution in [1.29, 1.82) is 0 Å². The fourth-order valence-corrected chi connectivity index (χ4v) is 2.27. The highest BCUT2D eigenvalue weighted by atomic mass is 32.1. The highest BCUT2D eigenvalue weighted by molar-refractivity contribution is 7.09. The van der Waals surface area contributed by atoms with Crippen LogP contribution in [0.2, 0.25) is 0 Å². The van der Waals surface area contributed by atoms with Crippen LogP contribution in [0.4, 0.5) is 8.78 Å². The summed E-state index contributed by atoms with van der Waals surface area (Å²) in [5.74, 6) is -0.343. The van der Waals surface area contributed by atoms with Gasteiger partial charge in [0.15, 0.2) is 6.61 Å². The Kier molecular flexibility index (Phi) is 6.49. The number of hydrogen-bond donors (Lipinski definition) is 1. The Hall–Kier alpha value is -2.48. The van der Waals surface area contributed by atoms with E-state index in [0.717, 1.165) is 4.88 Å². The van der Waals surface area contributed by atoms with Gasteiger partial charge in [-0.2, -0.15) is 8.78 Å². The van der Waals surface area contributed by atoms with Gasteiger partial charge >= 0.3 is 6.61 Å². The van der Waals surface area contributed by atoms with E-state index in [1.807, 2.05) is 17.5 Å². The molecule has 5 nitrogen and oxygen atoms in total. The van der Waals surface area contributed by atoms with Gasteiger partial charge in [0.05, 0.1) is 12.8 Å². The molecule has 1 heterocycles. The summed E-state index contributed by atoms with van der Waals surface area (Å²) in [6, 6.07) is 9.94. The van der Waals surface area contributed by atoms with E-state index < -0.39 is 6.61 Å². The average Bonchev–Trinajstić information content (AvgIpc) is 3.04. The summed E-state index contributed by atoms with van der Waals surface area (Å²) in [5, 5.41) is 8.17. The Bertz CT molecular complexity index is 648. The monoisotopic (exact) mass is 340 g/mol. The van der Waals surface area contributed by atoms with Crippen LogP contribution in [0.5, 0.6) is 5.75 Å². The summed E-state index contributed by atoms with van der Waals surface area (Å²) < 4.78 is 28.8. The molecule has 0 bridgehead atoms. The van der Waals surface area contributed by atoms with Crippen LogP contribution in [-0.4, -0.2) is 25.3 Å². The zero-order chi connectivity index (χ0) is 16.5. The quantitative estimate of drug-likeness (QED) is 0.594. The van der Waals surface area contributed by atoms with Gasteiger partial charge in [-0.3, -0.25) is 4.79 Å². The van der Waals surface area contributed by atoms with E-state index >= 15 is 0 Å². The molecular weight excluding hydrogens is 326 g/mol. The maximum absolute atomic E-state index is 12.2. The number of alkyl halides is 2. The first-order valence-corrected chi connectivity index (χ1v) is 7.51. The number of benzene rings is 1. The summed E-state index contributed by atoms with van der Waals surface area (Å²) in [6.45, 7) is -2.76. The van der Waals surface area contributed by atoms with E-state index in [4.69, 9.17) is 4.84 Å². The smallest absolute Gasteiger partial charge is 0.387 e. The Labute approximate surface area is 135 Å². The fourth-order valence-electron chi connectivity index (χ4n) is 1.63. The second-order valence-corrected chi connectivity index (χ2v) is 5.31. The summed E-state index contributed by atoms with van der Waals surface area (Å²) in [5.41, 5.74) is 0.326. The molecule has 0 saturated carbocycles. The van der Waals surface area contributed by atoms with E-state index in [0.29, 0.717) is 12.1 Å². The predicted molar refractivity (Wildman–Crippen MR) is 82.8 cm³/mol. The second-order valence-electron chi connectivity index (χ2n) is 4.28. The van der Waals surface area contributed by atoms with E-state index in [2.05, 4.69) is 15.2 Å². The lowest BCUT2D eigenvalue weighted by Gasteiger charge is -2.06. The van der Waals surface area contributed by atoms with Crippen molar-refractivity contribution < 1.29 is 23.1 Å². The number of halogens is 2. The molecule has 0 aliphatic carbocycles. The normalized spacial score (nSPS) is 10.9. The van der Waals surface area contributed by atoms with Crippen LogP contribution in [0.1, 0.15) is 10.4 Å². The van der Waals surface area contributed by atoms with Crippen LogP contribution >= 0.6 is 11.3 Å². The number of ether oxygens (including phenoxy) is 1. The third-order valence-electron chi connectivity index (χ3n) is 2.64. The van der Waals surface area contributed by atoms with Crippen molar-refractivity contribution in [2.75, 3.05) is 6.61 Å². The van der Waals surface area contributed by atoms with Crippen LogP contribution in [0.25, 0.3) is 0 Å². The van der Waals surface area contributed by atoms with Crippen molar-refractivity contribution in [3.05, 3.63) is 52.2 Å². The van der Waals surface area contributed by atoms with Crippen molar-refractivity contribution in [2.45, 2.75) is 13.2 Å². The van der Waals surface area contributed by atoms with E-state index in [9.17, 15) is 13.6 Å². The number of thiophene rings is 1. The van der Waals surface area contributed by atoms with Crippen molar-refractivity contribution in [3.63, 3.8) is 0 Å². The van der Waals surface area contributed by atoms with Crippen molar-refractivity contribution in [2.24, 2.45) is 5.16 Å². The molecule has 1 aromatic carbocycles. The molecule has 8 heteroatoms. The van der Waals surface area contributed by atoms with Gasteiger partial charge in [0, 0.05) is 10.4 Å². The number of carbonyl (C=O) groups excluding carboxylic acids is 1. The molecule has 2 aromatic rings. The molecule has 0 atom stereocenters. The number of oxime groups is 1. The molecule has 122 valence electrons. The van der Waals surface area contributed by atoms with Crippen molar-refractivity contribution in [1.82, 2.24) is 5.32 Å². The van der Waals surface area contributed by atoms with Crippen LogP contribution in [-0.2, 0) is 16.2 Å². The number of para-hydroxylation sites is 1. The Morgan fingerprint density at radius 2 is 2.13 bits per heavy atom. The molecule has 0 aliphatic rings. The molecule has 0 saturated heterocycles. The second kappa shape index (κ2) is 8.84. The van der Waals surface area contributed by atoms with E-state index in [-0.39, 0.29) is 18.3 Å². The Morgan fingerprint density at radius 1 is 1.30 bits per heavy atom. The lowest BCUT2D eigenvalue weighted by Crippen LogP contribution is -2.26. The maximum Gasteiger partial charge on any atom is 0.387 e. The van der Waals surface area contributed by atoms with Gasteiger partial charge in [-0.1, -0.05) is 23.4 Å². The van der Waals surface area contributed by atoms with Gasteiger partial charge < -0.3 is 14.9 Å². The zero-order valence-corrected chi connectivity index (χ0v) is 12.8. The minimum absolute atomic E-state index is 0.0167. The molecular formula is C15H14F2N2O3S. The molecule has 0 unspecified atom stereocenters. The highest BCUT2D eigenvalue weighted by Gasteiger charge is 2.07. The summed E-state index contributed by atoms with van der Waals surface area (Å²) in [7, 11) is 0.